The van der Waals surface area contributed by atoms with E-state index in [0.717, 1.165) is 25.7 Å². The Morgan fingerprint density at radius 2 is 1.71 bits per heavy atom. The van der Waals surface area contributed by atoms with Gasteiger partial charge in [0.1, 0.15) is 6.04 Å². The fraction of sp³-hybridized carbons (Fsp3) is 0.875. The van der Waals surface area contributed by atoms with Crippen molar-refractivity contribution < 1.29 is 9.59 Å². The molecule has 0 aromatic rings. The number of nitrogens with two attached hydrogens (primary N) is 1. The molecule has 2 amide bonds. The van der Waals surface area contributed by atoms with Crippen molar-refractivity contribution in [2.24, 2.45) is 17.1 Å². The monoisotopic (exact) mass is 297 g/mol. The van der Waals surface area contributed by atoms with Crippen LogP contribution in [0.2, 0.25) is 0 Å². The van der Waals surface area contributed by atoms with Crippen LogP contribution in [0.25, 0.3) is 0 Å². The summed E-state index contributed by atoms with van der Waals surface area (Å²) in [7, 11) is 1.60. The lowest BCUT2D eigenvalue weighted by molar-refractivity contribution is -0.135. The van der Waals surface area contributed by atoms with Crippen molar-refractivity contribution in [3.05, 3.63) is 0 Å². The summed E-state index contributed by atoms with van der Waals surface area (Å²) in [6.07, 6.45) is 6.72. The van der Waals surface area contributed by atoms with Gasteiger partial charge in [0, 0.05) is 13.6 Å². The van der Waals surface area contributed by atoms with E-state index in [9.17, 15) is 9.59 Å². The first kappa shape index (κ1) is 18.0. The van der Waals surface area contributed by atoms with Crippen LogP contribution in [0.3, 0.4) is 0 Å². The normalized spacial score (nSPS) is 19.7. The molecule has 1 aliphatic rings. The molecule has 21 heavy (non-hydrogen) atoms. The van der Waals surface area contributed by atoms with Crippen LogP contribution >= 0.6 is 0 Å². The van der Waals surface area contributed by atoms with Gasteiger partial charge in [-0.25, -0.2) is 0 Å². The minimum absolute atomic E-state index is 0.0406. The van der Waals surface area contributed by atoms with Crippen LogP contribution in [0.4, 0.5) is 0 Å². The van der Waals surface area contributed by atoms with Crippen LogP contribution in [0.1, 0.15) is 58.8 Å². The van der Waals surface area contributed by atoms with Gasteiger partial charge in [-0.2, -0.15) is 0 Å². The molecule has 0 bridgehead atoms. The van der Waals surface area contributed by atoms with Crippen molar-refractivity contribution >= 4 is 11.8 Å². The topological polar surface area (TPSA) is 84.2 Å². The molecule has 5 nitrogen and oxygen atoms in total. The van der Waals surface area contributed by atoms with Gasteiger partial charge in [-0.05, 0) is 25.2 Å². The SMILES string of the molecule is CNC(=O)C(CC(C)C)NC(=O)C1(CN)CCCCCC1. The zero-order valence-electron chi connectivity index (χ0n) is 13.7. The van der Waals surface area contributed by atoms with Crippen molar-refractivity contribution in [3.8, 4) is 0 Å². The Balaban J connectivity index is 2.79. The first-order valence-corrected chi connectivity index (χ1v) is 8.18. The van der Waals surface area contributed by atoms with E-state index < -0.39 is 11.5 Å². The van der Waals surface area contributed by atoms with Gasteiger partial charge in [0.25, 0.3) is 0 Å². The van der Waals surface area contributed by atoms with Gasteiger partial charge in [-0.1, -0.05) is 39.5 Å². The molecule has 0 aromatic carbocycles. The highest BCUT2D eigenvalue weighted by atomic mass is 16.2. The predicted molar refractivity (Wildman–Crippen MR) is 84.6 cm³/mol. The van der Waals surface area contributed by atoms with Crippen LogP contribution in [0.15, 0.2) is 0 Å². The van der Waals surface area contributed by atoms with E-state index >= 15 is 0 Å². The number of amides is 2. The summed E-state index contributed by atoms with van der Waals surface area (Å²) >= 11 is 0. The molecular formula is C16H31N3O2. The Kier molecular flexibility index (Phi) is 7.15. The second-order valence-corrected chi connectivity index (χ2v) is 6.67. The van der Waals surface area contributed by atoms with Crippen LogP contribution in [0, 0.1) is 11.3 Å². The Morgan fingerprint density at radius 1 is 1.14 bits per heavy atom. The van der Waals surface area contributed by atoms with Crippen molar-refractivity contribution in [2.45, 2.75) is 64.8 Å². The number of nitrogens with one attached hydrogen (secondary N) is 2. The van der Waals surface area contributed by atoms with Gasteiger partial charge < -0.3 is 16.4 Å². The summed E-state index contributed by atoms with van der Waals surface area (Å²) in [5.74, 6) is 0.176. The van der Waals surface area contributed by atoms with Crippen molar-refractivity contribution in [1.29, 1.82) is 0 Å². The lowest BCUT2D eigenvalue weighted by Gasteiger charge is -2.32. The molecule has 0 radical (unpaired) electrons. The number of rotatable bonds is 6. The van der Waals surface area contributed by atoms with Gasteiger partial charge in [0.15, 0.2) is 0 Å². The fourth-order valence-electron chi connectivity index (χ4n) is 3.12. The van der Waals surface area contributed by atoms with E-state index in [4.69, 9.17) is 5.73 Å². The van der Waals surface area contributed by atoms with Gasteiger partial charge in [0.05, 0.1) is 5.41 Å². The Hall–Kier alpha value is -1.10. The second-order valence-electron chi connectivity index (χ2n) is 6.67. The molecule has 1 fully saturated rings. The number of hydrogen-bond donors (Lipinski definition) is 3. The molecule has 1 rings (SSSR count). The smallest absolute Gasteiger partial charge is 0.242 e. The first-order chi connectivity index (χ1) is 9.95. The summed E-state index contributed by atoms with van der Waals surface area (Å²) in [6, 6.07) is -0.464. The molecule has 1 aliphatic carbocycles. The maximum atomic E-state index is 12.7. The van der Waals surface area contributed by atoms with Crippen LogP contribution < -0.4 is 16.4 Å². The molecule has 0 saturated heterocycles. The van der Waals surface area contributed by atoms with E-state index in [1.165, 1.54) is 12.8 Å². The third kappa shape index (κ3) is 4.99. The van der Waals surface area contributed by atoms with E-state index in [-0.39, 0.29) is 11.8 Å². The van der Waals surface area contributed by atoms with Crippen LogP contribution in [-0.4, -0.2) is 31.4 Å². The molecule has 4 N–H and O–H groups in total. The summed E-state index contributed by atoms with van der Waals surface area (Å²) < 4.78 is 0. The van der Waals surface area contributed by atoms with E-state index in [1.54, 1.807) is 7.05 Å². The standard InChI is InChI=1S/C16H31N3O2/c1-12(2)10-13(14(20)18-3)19-15(21)16(11-17)8-6-4-5-7-9-16/h12-13H,4-11,17H2,1-3H3,(H,18,20)(H,19,21). The summed E-state index contributed by atoms with van der Waals surface area (Å²) in [5, 5.41) is 5.59. The minimum atomic E-state index is -0.486. The molecule has 5 heteroatoms. The zero-order valence-corrected chi connectivity index (χ0v) is 13.7. The zero-order chi connectivity index (χ0) is 15.9. The quantitative estimate of drug-likeness (QED) is 0.651. The Morgan fingerprint density at radius 3 is 2.14 bits per heavy atom. The maximum absolute atomic E-state index is 12.7. The maximum Gasteiger partial charge on any atom is 0.242 e. The number of carbonyl (C=O) groups is 2. The Bertz CT molecular complexity index is 347. The van der Waals surface area contributed by atoms with Gasteiger partial charge >= 0.3 is 0 Å². The highest BCUT2D eigenvalue weighted by Crippen LogP contribution is 2.34. The average Bonchev–Trinajstić information content (AvgIpc) is 2.71. The Labute approximate surface area is 128 Å². The highest BCUT2D eigenvalue weighted by molar-refractivity contribution is 5.90. The van der Waals surface area contributed by atoms with Gasteiger partial charge in [0.2, 0.25) is 11.8 Å². The lowest BCUT2D eigenvalue weighted by Crippen LogP contribution is -2.53. The summed E-state index contributed by atoms with van der Waals surface area (Å²) in [5.41, 5.74) is 5.45. The number of likely N-dealkylation sites (N-methyl/N-ethyl adjacent to an activating group) is 1. The largest absolute Gasteiger partial charge is 0.357 e. The molecule has 122 valence electrons. The first-order valence-electron chi connectivity index (χ1n) is 8.18. The number of carbonyl (C=O) groups excluding carboxylic acids is 2. The van der Waals surface area contributed by atoms with Crippen LogP contribution in [-0.2, 0) is 9.59 Å². The lowest BCUT2D eigenvalue weighted by atomic mass is 9.79. The fourth-order valence-corrected chi connectivity index (χ4v) is 3.12. The van der Waals surface area contributed by atoms with Crippen molar-refractivity contribution in [3.63, 3.8) is 0 Å². The van der Waals surface area contributed by atoms with Crippen LogP contribution in [0.5, 0.6) is 0 Å². The second kappa shape index (κ2) is 8.37. The van der Waals surface area contributed by atoms with E-state index in [2.05, 4.69) is 10.6 Å². The molecule has 0 aliphatic heterocycles. The molecule has 1 unspecified atom stereocenters. The van der Waals surface area contributed by atoms with Crippen molar-refractivity contribution in [1.82, 2.24) is 10.6 Å². The molecule has 1 atom stereocenters. The van der Waals surface area contributed by atoms with E-state index in [1.807, 2.05) is 13.8 Å². The molecular weight excluding hydrogens is 266 g/mol. The minimum Gasteiger partial charge on any atom is -0.357 e. The molecule has 1 saturated carbocycles. The highest BCUT2D eigenvalue weighted by Gasteiger charge is 2.38. The molecule has 0 spiro atoms. The van der Waals surface area contributed by atoms with Gasteiger partial charge in [-0.3, -0.25) is 9.59 Å². The predicted octanol–water partition coefficient (Wildman–Crippen LogP) is 1.56. The van der Waals surface area contributed by atoms with Crippen molar-refractivity contribution in [2.75, 3.05) is 13.6 Å². The summed E-state index contributed by atoms with van der Waals surface area (Å²) in [6.45, 7) is 4.46. The third-order valence-electron chi connectivity index (χ3n) is 4.51. The third-order valence-corrected chi connectivity index (χ3v) is 4.51. The molecule has 0 heterocycles. The van der Waals surface area contributed by atoms with Gasteiger partial charge in [-0.15, -0.1) is 0 Å². The molecule has 0 aromatic heterocycles. The summed E-state index contributed by atoms with van der Waals surface area (Å²) in [4.78, 5) is 24.7. The average molecular weight is 297 g/mol. The number of hydrogen-bond acceptors (Lipinski definition) is 3. The van der Waals surface area contributed by atoms with E-state index in [0.29, 0.717) is 18.9 Å².